The van der Waals surface area contributed by atoms with E-state index in [4.69, 9.17) is 24.5 Å². The van der Waals surface area contributed by atoms with E-state index in [1.807, 2.05) is 35.2 Å². The number of benzene rings is 2. The van der Waals surface area contributed by atoms with E-state index in [-0.39, 0.29) is 11.5 Å². The van der Waals surface area contributed by atoms with Gasteiger partial charge in [0, 0.05) is 30.7 Å². The van der Waals surface area contributed by atoms with E-state index in [0.717, 1.165) is 38.0 Å². The summed E-state index contributed by atoms with van der Waals surface area (Å²) in [5.41, 5.74) is 3.85. The highest BCUT2D eigenvalue weighted by Crippen LogP contribution is 2.43. The summed E-state index contributed by atoms with van der Waals surface area (Å²) in [6, 6.07) is 18.4. The van der Waals surface area contributed by atoms with E-state index >= 15 is 0 Å². The van der Waals surface area contributed by atoms with Gasteiger partial charge in [0.1, 0.15) is 6.61 Å². The maximum Gasteiger partial charge on any atom is 0.414 e. The van der Waals surface area contributed by atoms with Crippen molar-refractivity contribution in [1.29, 1.82) is 0 Å². The fourth-order valence-corrected chi connectivity index (χ4v) is 3.83. The Bertz CT molecular complexity index is 895. The predicted molar refractivity (Wildman–Crippen MR) is 109 cm³/mol. The van der Waals surface area contributed by atoms with Crippen LogP contribution in [0.1, 0.15) is 24.0 Å². The third-order valence-corrected chi connectivity index (χ3v) is 5.48. The first-order valence-corrected chi connectivity index (χ1v) is 9.66. The van der Waals surface area contributed by atoms with E-state index in [1.165, 1.54) is 11.3 Å². The molecule has 8 heteroatoms. The van der Waals surface area contributed by atoms with Crippen LogP contribution in [-0.2, 0) is 26.3 Å². The van der Waals surface area contributed by atoms with Crippen LogP contribution in [0, 0.1) is 0 Å². The summed E-state index contributed by atoms with van der Waals surface area (Å²) in [6.07, 6.45) is 1.77. The minimum absolute atomic E-state index is 0.173. The van der Waals surface area contributed by atoms with Crippen molar-refractivity contribution in [2.24, 2.45) is 0 Å². The predicted octanol–water partition coefficient (Wildman–Crippen LogP) is 2.94. The molecule has 1 amide bonds. The van der Waals surface area contributed by atoms with Crippen molar-refractivity contribution in [1.82, 2.24) is 4.90 Å². The molecule has 0 atom stereocenters. The first-order chi connectivity index (χ1) is 14.4. The van der Waals surface area contributed by atoms with Gasteiger partial charge in [-0.2, -0.15) is 0 Å². The molecule has 0 bridgehead atoms. The Morgan fingerprint density at radius 3 is 2.17 bits per heavy atom. The molecule has 2 heterocycles. The standard InChI is InChI=1S/C20H22N2O2.C2H2O4/c23-19(24-14-16-6-2-1-3-7-16)22-12-10-20(11-13-22)15-21-18-9-5-4-8-17(18)20;3-1(4)2(5)6/h1-9,21H,10-15H2;(H,3,4)(H,5,6). The van der Waals surface area contributed by atoms with Gasteiger partial charge in [0.2, 0.25) is 0 Å². The lowest BCUT2D eigenvalue weighted by molar-refractivity contribution is -0.159. The lowest BCUT2D eigenvalue weighted by atomic mass is 9.74. The van der Waals surface area contributed by atoms with Gasteiger partial charge in [-0.1, -0.05) is 48.5 Å². The Labute approximate surface area is 174 Å². The summed E-state index contributed by atoms with van der Waals surface area (Å²) in [6.45, 7) is 2.82. The zero-order valence-electron chi connectivity index (χ0n) is 16.4. The number of ether oxygens (including phenoxy) is 1. The average molecular weight is 412 g/mol. The van der Waals surface area contributed by atoms with Crippen LogP contribution >= 0.6 is 0 Å². The second kappa shape index (κ2) is 9.30. The van der Waals surface area contributed by atoms with E-state index in [0.29, 0.717) is 6.61 Å². The maximum absolute atomic E-state index is 12.3. The van der Waals surface area contributed by atoms with Gasteiger partial charge in [-0.3, -0.25) is 0 Å². The monoisotopic (exact) mass is 412 g/mol. The van der Waals surface area contributed by atoms with E-state index in [2.05, 4.69) is 29.6 Å². The number of para-hydroxylation sites is 1. The van der Waals surface area contributed by atoms with Crippen LogP contribution < -0.4 is 5.32 Å². The summed E-state index contributed by atoms with van der Waals surface area (Å²) in [4.78, 5) is 32.3. The van der Waals surface area contributed by atoms with Crippen molar-refractivity contribution in [2.45, 2.75) is 24.9 Å². The number of piperidine rings is 1. The Balaban J connectivity index is 0.000000377. The molecular weight excluding hydrogens is 388 g/mol. The van der Waals surface area contributed by atoms with E-state index in [1.54, 1.807) is 0 Å². The number of fused-ring (bicyclic) bond motifs is 2. The number of anilines is 1. The highest BCUT2D eigenvalue weighted by molar-refractivity contribution is 6.27. The summed E-state index contributed by atoms with van der Waals surface area (Å²) >= 11 is 0. The van der Waals surface area contributed by atoms with Crippen molar-refractivity contribution in [3.63, 3.8) is 0 Å². The Kier molecular flexibility index (Phi) is 6.56. The largest absolute Gasteiger partial charge is 0.473 e. The van der Waals surface area contributed by atoms with Gasteiger partial charge in [0.05, 0.1) is 0 Å². The minimum atomic E-state index is -1.82. The second-order valence-electron chi connectivity index (χ2n) is 7.32. The molecule has 1 fully saturated rings. The molecule has 4 rings (SSSR count). The van der Waals surface area contributed by atoms with Crippen molar-refractivity contribution in [2.75, 3.05) is 25.0 Å². The van der Waals surface area contributed by atoms with Crippen LogP contribution in [0.15, 0.2) is 54.6 Å². The molecule has 1 spiro atoms. The third-order valence-electron chi connectivity index (χ3n) is 5.48. The number of aliphatic carboxylic acids is 2. The highest BCUT2D eigenvalue weighted by atomic mass is 16.6. The van der Waals surface area contributed by atoms with Gasteiger partial charge in [-0.15, -0.1) is 0 Å². The number of hydrogen-bond donors (Lipinski definition) is 3. The number of nitrogens with one attached hydrogen (secondary N) is 1. The van der Waals surface area contributed by atoms with Crippen molar-refractivity contribution >= 4 is 23.7 Å². The zero-order chi connectivity index (χ0) is 21.6. The normalized spacial score (nSPS) is 15.9. The molecule has 30 heavy (non-hydrogen) atoms. The molecule has 2 aliphatic rings. The number of rotatable bonds is 2. The molecule has 0 aliphatic carbocycles. The molecule has 2 aliphatic heterocycles. The molecule has 0 unspecified atom stereocenters. The minimum Gasteiger partial charge on any atom is -0.473 e. The van der Waals surface area contributed by atoms with Crippen LogP contribution in [-0.4, -0.2) is 52.8 Å². The number of hydrogen-bond acceptors (Lipinski definition) is 5. The van der Waals surface area contributed by atoms with Gasteiger partial charge in [-0.25, -0.2) is 14.4 Å². The molecule has 8 nitrogen and oxygen atoms in total. The smallest absolute Gasteiger partial charge is 0.414 e. The topological polar surface area (TPSA) is 116 Å². The van der Waals surface area contributed by atoms with Gasteiger partial charge < -0.3 is 25.2 Å². The van der Waals surface area contributed by atoms with Crippen molar-refractivity contribution in [3.05, 3.63) is 65.7 Å². The third kappa shape index (κ3) is 4.89. The quantitative estimate of drug-likeness (QED) is 0.650. The Morgan fingerprint density at radius 1 is 0.933 bits per heavy atom. The van der Waals surface area contributed by atoms with Crippen LogP contribution in [0.5, 0.6) is 0 Å². The molecule has 2 aromatic rings. The molecule has 1 saturated heterocycles. The van der Waals surface area contributed by atoms with Gasteiger partial charge >= 0.3 is 18.0 Å². The van der Waals surface area contributed by atoms with Crippen LogP contribution in [0.3, 0.4) is 0 Å². The van der Waals surface area contributed by atoms with E-state index < -0.39 is 11.9 Å². The Hall–Kier alpha value is -3.55. The molecule has 2 aromatic carbocycles. The summed E-state index contributed by atoms with van der Waals surface area (Å²) in [5, 5.41) is 18.3. The number of nitrogens with zero attached hydrogens (tertiary/aromatic N) is 1. The Morgan fingerprint density at radius 2 is 1.53 bits per heavy atom. The summed E-state index contributed by atoms with van der Waals surface area (Å²) < 4.78 is 5.46. The molecule has 0 aromatic heterocycles. The van der Waals surface area contributed by atoms with Crippen LogP contribution in [0.2, 0.25) is 0 Å². The first kappa shape index (κ1) is 21.2. The van der Waals surface area contributed by atoms with Crippen LogP contribution in [0.4, 0.5) is 10.5 Å². The fourth-order valence-electron chi connectivity index (χ4n) is 3.83. The molecular formula is C22H24N2O6. The number of carboxylic acid groups (broad SMARTS) is 2. The molecule has 0 saturated carbocycles. The number of carboxylic acids is 2. The lowest BCUT2D eigenvalue weighted by Gasteiger charge is -2.38. The molecule has 0 radical (unpaired) electrons. The van der Waals surface area contributed by atoms with Gasteiger partial charge in [0.15, 0.2) is 0 Å². The second-order valence-corrected chi connectivity index (χ2v) is 7.32. The molecule has 3 N–H and O–H groups in total. The van der Waals surface area contributed by atoms with Crippen molar-refractivity contribution in [3.8, 4) is 0 Å². The fraction of sp³-hybridized carbons (Fsp3) is 0.318. The SMILES string of the molecule is O=C(O)C(=O)O.O=C(OCc1ccccc1)N1CCC2(CC1)CNc1ccccc12. The van der Waals surface area contributed by atoms with E-state index in [9.17, 15) is 4.79 Å². The first-order valence-electron chi connectivity index (χ1n) is 9.66. The highest BCUT2D eigenvalue weighted by Gasteiger charge is 2.42. The number of likely N-dealkylation sites (tertiary alicyclic amines) is 1. The molecule has 158 valence electrons. The number of carbonyl (C=O) groups is 3. The summed E-state index contributed by atoms with van der Waals surface area (Å²) in [7, 11) is 0. The van der Waals surface area contributed by atoms with Gasteiger partial charge in [-0.05, 0) is 30.0 Å². The number of amides is 1. The summed E-state index contributed by atoms with van der Waals surface area (Å²) in [5.74, 6) is -3.65. The lowest BCUT2D eigenvalue weighted by Crippen LogP contribution is -2.46. The maximum atomic E-state index is 12.3. The zero-order valence-corrected chi connectivity index (χ0v) is 16.4. The van der Waals surface area contributed by atoms with Crippen LogP contribution in [0.25, 0.3) is 0 Å². The van der Waals surface area contributed by atoms with Gasteiger partial charge in [0.25, 0.3) is 0 Å². The average Bonchev–Trinajstić information content (AvgIpc) is 3.12. The van der Waals surface area contributed by atoms with Crippen molar-refractivity contribution < 1.29 is 29.3 Å². The number of carbonyl (C=O) groups excluding carboxylic acids is 1.